The Balaban J connectivity index is 2.76. The van der Waals surface area contributed by atoms with Crippen molar-refractivity contribution in [2.75, 3.05) is 33.0 Å². The highest BCUT2D eigenvalue weighted by molar-refractivity contribution is 6.25. The monoisotopic (exact) mass is 206 g/mol. The molecule has 5 heteroatoms. The van der Waals surface area contributed by atoms with E-state index >= 15 is 0 Å². The molecule has 0 rings (SSSR count). The largest absolute Gasteiger partial charge is 0.432 e. The minimum absolute atomic E-state index is 0.0618. The Labute approximate surface area is 81.8 Å². The Bertz CT molecular complexity index is 82.2. The van der Waals surface area contributed by atoms with Gasteiger partial charge < -0.3 is 19.4 Å². The zero-order valence-electron chi connectivity index (χ0n) is 7.87. The second kappa shape index (κ2) is 12.1. The number of hydrogen-bond acceptors (Lipinski definition) is 4. The summed E-state index contributed by atoms with van der Waals surface area (Å²) in [5.74, 6) is 0. The van der Waals surface area contributed by atoms with E-state index in [0.29, 0.717) is 19.8 Å². The number of rotatable bonds is 10. The van der Waals surface area contributed by atoms with Crippen molar-refractivity contribution in [2.24, 2.45) is 0 Å². The van der Waals surface area contributed by atoms with E-state index in [0.717, 1.165) is 25.5 Å². The van der Waals surface area contributed by atoms with E-state index in [1.165, 1.54) is 0 Å². The molecular formula is C8H18O4Si. The molecule has 0 unspecified atom stereocenters. The van der Waals surface area contributed by atoms with Crippen LogP contribution in [0.2, 0.25) is 6.04 Å². The van der Waals surface area contributed by atoms with Gasteiger partial charge in [0, 0.05) is 6.61 Å². The summed E-state index contributed by atoms with van der Waals surface area (Å²) in [5.41, 5.74) is 0. The second-order valence-electron chi connectivity index (χ2n) is 2.56. The first-order valence-corrected chi connectivity index (χ1v) is 5.70. The molecule has 0 aliphatic rings. The predicted molar refractivity (Wildman–Crippen MR) is 50.7 cm³/mol. The number of hydrogen-bond donors (Lipinski definition) is 2. The van der Waals surface area contributed by atoms with Crippen LogP contribution >= 0.6 is 0 Å². The maximum Gasteiger partial charge on any atom is 0.224 e. The van der Waals surface area contributed by atoms with Crippen LogP contribution in [0, 0.1) is 0 Å². The van der Waals surface area contributed by atoms with Gasteiger partial charge >= 0.3 is 0 Å². The van der Waals surface area contributed by atoms with Gasteiger partial charge in [-0.25, -0.2) is 0 Å². The number of aliphatic hydroxyl groups excluding tert-OH is 1. The van der Waals surface area contributed by atoms with E-state index in [9.17, 15) is 0 Å². The molecule has 0 bridgehead atoms. The molecule has 0 heterocycles. The van der Waals surface area contributed by atoms with Crippen molar-refractivity contribution >= 4 is 9.76 Å². The van der Waals surface area contributed by atoms with Gasteiger partial charge in [0.05, 0.1) is 26.4 Å². The van der Waals surface area contributed by atoms with Crippen LogP contribution in [-0.4, -0.2) is 52.7 Å². The number of unbranched alkanes of at least 4 members (excludes halogenated alkanes) is 1. The molecule has 0 saturated carbocycles. The van der Waals surface area contributed by atoms with Gasteiger partial charge in [-0.2, -0.15) is 0 Å². The quantitative estimate of drug-likeness (QED) is 0.384. The summed E-state index contributed by atoms with van der Waals surface area (Å²) in [4.78, 5) is 8.51. The van der Waals surface area contributed by atoms with E-state index in [2.05, 4.69) is 0 Å². The number of aliphatic hydroxyl groups is 1. The molecule has 78 valence electrons. The van der Waals surface area contributed by atoms with Crippen molar-refractivity contribution in [1.29, 1.82) is 0 Å². The Kier molecular flexibility index (Phi) is 12.1. The summed E-state index contributed by atoms with van der Waals surface area (Å²) in [7, 11) is 0.0618. The fourth-order valence-corrected chi connectivity index (χ4v) is 1.20. The average molecular weight is 206 g/mol. The summed E-state index contributed by atoms with van der Waals surface area (Å²) >= 11 is 0. The van der Waals surface area contributed by atoms with Crippen molar-refractivity contribution < 1.29 is 19.4 Å². The van der Waals surface area contributed by atoms with Crippen LogP contribution in [0.15, 0.2) is 0 Å². The molecule has 2 N–H and O–H groups in total. The lowest BCUT2D eigenvalue weighted by atomic mass is 10.4. The first-order valence-electron chi connectivity index (χ1n) is 4.55. The highest BCUT2D eigenvalue weighted by Gasteiger charge is 1.91. The van der Waals surface area contributed by atoms with E-state index in [1.807, 2.05) is 0 Å². The molecule has 0 aliphatic heterocycles. The maximum atomic E-state index is 8.51. The third-order valence-corrected chi connectivity index (χ3v) is 2.01. The lowest BCUT2D eigenvalue weighted by molar-refractivity contribution is 0.0324. The van der Waals surface area contributed by atoms with Gasteiger partial charge in [0.1, 0.15) is 0 Å². The smallest absolute Gasteiger partial charge is 0.224 e. The molecule has 2 radical (unpaired) electrons. The molecule has 0 spiro atoms. The minimum atomic E-state index is 0.0618. The molecule has 0 aromatic heterocycles. The topological polar surface area (TPSA) is 58.9 Å². The van der Waals surface area contributed by atoms with Gasteiger partial charge in [-0.3, -0.25) is 0 Å². The van der Waals surface area contributed by atoms with Crippen LogP contribution in [0.5, 0.6) is 0 Å². The van der Waals surface area contributed by atoms with Crippen LogP contribution in [-0.2, 0) is 9.47 Å². The van der Waals surface area contributed by atoms with Crippen LogP contribution < -0.4 is 0 Å². The standard InChI is InChI=1S/C8H18O4Si/c9-3-5-12-7-6-11-4-1-2-8-13-10/h9-10H,1-8H2. The van der Waals surface area contributed by atoms with Crippen molar-refractivity contribution in [2.45, 2.75) is 18.9 Å². The molecule has 13 heavy (non-hydrogen) atoms. The third-order valence-electron chi connectivity index (χ3n) is 1.43. The van der Waals surface area contributed by atoms with E-state index < -0.39 is 0 Å². The van der Waals surface area contributed by atoms with Gasteiger partial charge in [0.25, 0.3) is 0 Å². The van der Waals surface area contributed by atoms with Crippen molar-refractivity contribution in [3.05, 3.63) is 0 Å². The number of ether oxygens (including phenoxy) is 2. The van der Waals surface area contributed by atoms with E-state index in [4.69, 9.17) is 19.4 Å². The van der Waals surface area contributed by atoms with Gasteiger partial charge in [-0.1, -0.05) is 6.42 Å². The van der Waals surface area contributed by atoms with Gasteiger partial charge in [0.2, 0.25) is 9.76 Å². The molecular weight excluding hydrogens is 188 g/mol. The first-order chi connectivity index (χ1) is 6.41. The summed E-state index contributed by atoms with van der Waals surface area (Å²) in [6.45, 7) is 2.31. The minimum Gasteiger partial charge on any atom is -0.432 e. The van der Waals surface area contributed by atoms with Gasteiger partial charge in [-0.05, 0) is 12.5 Å². The summed E-state index contributed by atoms with van der Waals surface area (Å²) in [6.07, 6.45) is 2.01. The average Bonchev–Trinajstić information content (AvgIpc) is 2.16. The fraction of sp³-hybridized carbons (Fsp3) is 1.00. The van der Waals surface area contributed by atoms with Crippen molar-refractivity contribution in [3.63, 3.8) is 0 Å². The summed E-state index contributed by atoms with van der Waals surface area (Å²) in [6, 6.07) is 0.879. The summed E-state index contributed by atoms with van der Waals surface area (Å²) in [5, 5.41) is 8.38. The van der Waals surface area contributed by atoms with Crippen LogP contribution in [0.3, 0.4) is 0 Å². The maximum absolute atomic E-state index is 8.51. The van der Waals surface area contributed by atoms with E-state index in [-0.39, 0.29) is 16.4 Å². The van der Waals surface area contributed by atoms with Gasteiger partial charge in [-0.15, -0.1) is 0 Å². The molecule has 0 atom stereocenters. The highest BCUT2D eigenvalue weighted by Crippen LogP contribution is 1.94. The lowest BCUT2D eigenvalue weighted by Crippen LogP contribution is -2.07. The van der Waals surface area contributed by atoms with Crippen molar-refractivity contribution in [1.82, 2.24) is 0 Å². The third kappa shape index (κ3) is 12.1. The van der Waals surface area contributed by atoms with Crippen LogP contribution in [0.1, 0.15) is 12.8 Å². The molecule has 0 aromatic carbocycles. The highest BCUT2D eigenvalue weighted by atomic mass is 28.2. The van der Waals surface area contributed by atoms with Crippen LogP contribution in [0.25, 0.3) is 0 Å². The van der Waals surface area contributed by atoms with Crippen LogP contribution in [0.4, 0.5) is 0 Å². The Morgan fingerprint density at radius 2 is 1.62 bits per heavy atom. The molecule has 0 aliphatic carbocycles. The molecule has 0 amide bonds. The molecule has 0 aromatic rings. The fourth-order valence-electron chi connectivity index (χ4n) is 0.795. The summed E-state index contributed by atoms with van der Waals surface area (Å²) < 4.78 is 10.2. The second-order valence-corrected chi connectivity index (χ2v) is 3.38. The van der Waals surface area contributed by atoms with Gasteiger partial charge in [0.15, 0.2) is 0 Å². The zero-order chi connectivity index (χ0) is 9.78. The molecule has 4 nitrogen and oxygen atoms in total. The molecule has 0 saturated heterocycles. The SMILES string of the molecule is OCCOCCOCCCC[Si]O. The lowest BCUT2D eigenvalue weighted by Gasteiger charge is -2.03. The predicted octanol–water partition coefficient (Wildman–Crippen LogP) is -0.178. The Hall–Kier alpha value is 0.0569. The van der Waals surface area contributed by atoms with Crippen molar-refractivity contribution in [3.8, 4) is 0 Å². The first kappa shape index (κ1) is 13.1. The Morgan fingerprint density at radius 3 is 2.23 bits per heavy atom. The van der Waals surface area contributed by atoms with E-state index in [1.54, 1.807) is 0 Å². The normalized spacial score (nSPS) is 10.6. The Morgan fingerprint density at radius 1 is 0.923 bits per heavy atom. The zero-order valence-corrected chi connectivity index (χ0v) is 8.87. The molecule has 0 fully saturated rings.